The fourth-order valence-corrected chi connectivity index (χ4v) is 11.1. The van der Waals surface area contributed by atoms with Crippen LogP contribution in [0, 0.1) is 6.07 Å². The first kappa shape index (κ1) is 51.4. The number of furan rings is 2. The first-order chi connectivity index (χ1) is 37.5. The summed E-state index contributed by atoms with van der Waals surface area (Å²) in [7, 11) is 0. The van der Waals surface area contributed by atoms with Gasteiger partial charge in [-0.3, -0.25) is 9.55 Å². The molecule has 79 heavy (non-hydrogen) atoms. The van der Waals surface area contributed by atoms with E-state index < -0.39 is 0 Å². The summed E-state index contributed by atoms with van der Waals surface area (Å²) in [5.41, 5.74) is 17.3. The Morgan fingerprint density at radius 2 is 1.10 bits per heavy atom. The van der Waals surface area contributed by atoms with Crippen molar-refractivity contribution in [2.75, 3.05) is 0 Å². The van der Waals surface area contributed by atoms with Crippen molar-refractivity contribution in [3.8, 4) is 78.7 Å². The number of pyridine rings is 2. The van der Waals surface area contributed by atoms with Crippen LogP contribution in [0.3, 0.4) is 0 Å². The number of benzene rings is 8. The molecule has 0 unspecified atom stereocenters. The third kappa shape index (κ3) is 8.95. The Hall–Kier alpha value is -8.38. The summed E-state index contributed by atoms with van der Waals surface area (Å²) in [4.78, 5) is 15.8. The first-order valence-corrected chi connectivity index (χ1v) is 26.8. The van der Waals surface area contributed by atoms with E-state index in [1.54, 1.807) is 0 Å². The largest absolute Gasteiger partial charge is 0.507 e. The number of nitrogens with zero attached hydrogens (tertiary/aromatic N) is 4. The molecule has 0 radical (unpaired) electrons. The maximum atomic E-state index is 12.7. The smallest absolute Gasteiger partial charge is 0.228 e. The molecule has 0 spiro atoms. The van der Waals surface area contributed by atoms with Gasteiger partial charge in [0.2, 0.25) is 5.71 Å². The Morgan fingerprint density at radius 3 is 1.78 bits per heavy atom. The van der Waals surface area contributed by atoms with Gasteiger partial charge in [-0.15, -0.1) is 17.7 Å². The zero-order valence-electron chi connectivity index (χ0n) is 45.8. The van der Waals surface area contributed by atoms with Gasteiger partial charge in [-0.25, -0.2) is 9.97 Å². The minimum absolute atomic E-state index is 0. The molecule has 0 aliphatic heterocycles. The number of phenols is 1. The molecule has 5 aromatic heterocycles. The zero-order valence-corrected chi connectivity index (χ0v) is 48.0. The Morgan fingerprint density at radius 1 is 0.468 bits per heavy atom. The van der Waals surface area contributed by atoms with Gasteiger partial charge in [0, 0.05) is 65.8 Å². The molecule has 13 rings (SSSR count). The molecule has 0 saturated heterocycles. The molecule has 0 aliphatic carbocycles. The average molecular weight is 1210 g/mol. The number of aromatic hydroxyl groups is 1. The Balaban J connectivity index is 0.00000623. The van der Waals surface area contributed by atoms with E-state index >= 15 is 0 Å². The number of aromatic nitrogens is 4. The minimum atomic E-state index is -0.374. The van der Waals surface area contributed by atoms with Gasteiger partial charge in [-0.1, -0.05) is 201 Å². The van der Waals surface area contributed by atoms with Crippen molar-refractivity contribution >= 4 is 55.0 Å². The van der Waals surface area contributed by atoms with E-state index in [2.05, 4.69) is 219 Å². The van der Waals surface area contributed by atoms with Crippen LogP contribution in [0.15, 0.2) is 197 Å². The van der Waals surface area contributed by atoms with Gasteiger partial charge in [0.15, 0.2) is 11.2 Å². The van der Waals surface area contributed by atoms with Gasteiger partial charge in [-0.2, -0.15) is 0 Å². The Labute approximate surface area is 474 Å². The van der Waals surface area contributed by atoms with Crippen LogP contribution in [-0.4, -0.2) is 24.6 Å². The predicted molar refractivity (Wildman–Crippen MR) is 320 cm³/mol. The van der Waals surface area contributed by atoms with Crippen LogP contribution >= 0.6 is 0 Å². The third-order valence-corrected chi connectivity index (χ3v) is 15.4. The summed E-state index contributed by atoms with van der Waals surface area (Å²) in [5.74, 6) is 0.852. The van der Waals surface area contributed by atoms with E-state index in [1.807, 2.05) is 42.6 Å². The molecule has 5 heterocycles. The average Bonchev–Trinajstić information content (AvgIpc) is 3.94. The van der Waals surface area contributed by atoms with Crippen LogP contribution in [0.4, 0.5) is 0 Å². The number of rotatable bonds is 7. The number of para-hydroxylation sites is 1. The molecule has 8 aromatic carbocycles. The second-order valence-corrected chi connectivity index (χ2v) is 23.7. The molecule has 7 nitrogen and oxygen atoms in total. The summed E-state index contributed by atoms with van der Waals surface area (Å²) in [5, 5.41) is 16.3. The fourth-order valence-electron chi connectivity index (χ4n) is 11.1. The Bertz CT molecular complexity index is 4490. The molecule has 392 valence electrons. The van der Waals surface area contributed by atoms with Crippen molar-refractivity contribution in [2.24, 2.45) is 0 Å². The summed E-state index contributed by atoms with van der Waals surface area (Å²) in [6, 6.07) is 67.1. The number of phenolic OH excluding ortho intramolecular Hbond substituents is 1. The molecule has 13 aromatic rings. The van der Waals surface area contributed by atoms with Crippen molar-refractivity contribution in [1.82, 2.24) is 19.5 Å². The molecular weight excluding hydrogens is 1150 g/mol. The van der Waals surface area contributed by atoms with Crippen molar-refractivity contribution in [2.45, 2.75) is 78.6 Å². The molecular formula is C71H59N4O3Pt-. The van der Waals surface area contributed by atoms with Gasteiger partial charge >= 0.3 is 0 Å². The molecule has 1 N–H and O–H groups in total. The first-order valence-electron chi connectivity index (χ1n) is 26.8. The quantitative estimate of drug-likeness (QED) is 0.160. The van der Waals surface area contributed by atoms with Crippen LogP contribution < -0.4 is 0 Å². The van der Waals surface area contributed by atoms with E-state index in [0.29, 0.717) is 45.1 Å². The fraction of sp³-hybridized carbons (Fsp3) is 0.169. The Kier molecular flexibility index (Phi) is 12.5. The standard InChI is InChI=1S/C71H59N4O3.Pt/c1-69(2,3)47-28-33-60(53(39-47)43-22-15-11-16-23-43)75-61-27-19-26-49(62(61)74-67(75)56-40-48(70(4,5)6)41-57(63(56)76)71(7,8)9)46-36-54-51-30-29-50-52-31-32-58(44-24-17-12-18-25-44)73-68(52)78-66(50)65(51)77-64(54)55(37-46)59-38-45(34-35-72-59)42-20-13-10-14-21-42;/h10-36,38-41,76H,1-9H3;/q-1;. The van der Waals surface area contributed by atoms with Gasteiger partial charge < -0.3 is 13.9 Å². The van der Waals surface area contributed by atoms with E-state index in [1.165, 1.54) is 5.56 Å². The van der Waals surface area contributed by atoms with E-state index in [0.717, 1.165) is 94.0 Å². The summed E-state index contributed by atoms with van der Waals surface area (Å²) in [6.07, 6.45) is 1.86. The van der Waals surface area contributed by atoms with E-state index in [-0.39, 0.29) is 43.1 Å². The number of hydrogen-bond acceptors (Lipinski definition) is 6. The number of hydrogen-bond donors (Lipinski definition) is 1. The van der Waals surface area contributed by atoms with Crippen molar-refractivity contribution in [3.63, 3.8) is 0 Å². The van der Waals surface area contributed by atoms with Gasteiger partial charge in [0.05, 0.1) is 33.6 Å². The van der Waals surface area contributed by atoms with Crippen molar-refractivity contribution < 1.29 is 35.0 Å². The molecule has 0 fully saturated rings. The minimum Gasteiger partial charge on any atom is -0.507 e. The van der Waals surface area contributed by atoms with Crippen molar-refractivity contribution in [1.29, 1.82) is 0 Å². The molecule has 0 aliphatic rings. The van der Waals surface area contributed by atoms with Crippen molar-refractivity contribution in [3.05, 3.63) is 211 Å². The topological polar surface area (TPSA) is 90.1 Å². The molecule has 0 amide bonds. The molecule has 0 atom stereocenters. The SMILES string of the molecule is CC(C)(C)c1ccc(-n2c(-c3cc(C(C)(C)C)cc(C(C)(C)C)c3O)nc3c(-c4[c-]c(-c5cc(-c6ccccc6)ccn5)c5oc6c(ccc7c8ccc(-c9ccccc9)nc8oc76)c5c4)cccc32)c(-c2ccccc2)c1.[Pt]. The molecule has 0 bridgehead atoms. The van der Waals surface area contributed by atoms with Crippen LogP contribution in [0.1, 0.15) is 79.0 Å². The maximum Gasteiger partial charge on any atom is 0.228 e. The molecule has 0 saturated carbocycles. The van der Waals surface area contributed by atoms with E-state index in [9.17, 15) is 5.11 Å². The summed E-state index contributed by atoms with van der Waals surface area (Å²) >= 11 is 0. The normalized spacial score (nSPS) is 12.3. The van der Waals surface area contributed by atoms with Crippen LogP contribution in [0.2, 0.25) is 0 Å². The van der Waals surface area contributed by atoms with Crippen LogP contribution in [0.25, 0.3) is 128 Å². The second kappa shape index (κ2) is 19.2. The van der Waals surface area contributed by atoms with Crippen LogP contribution in [0.5, 0.6) is 5.75 Å². The van der Waals surface area contributed by atoms with Gasteiger partial charge in [0.1, 0.15) is 11.6 Å². The zero-order chi connectivity index (χ0) is 53.8. The van der Waals surface area contributed by atoms with Gasteiger partial charge in [0.25, 0.3) is 0 Å². The third-order valence-electron chi connectivity index (χ3n) is 15.4. The second-order valence-electron chi connectivity index (χ2n) is 23.7. The number of imidazole rings is 1. The van der Waals surface area contributed by atoms with Gasteiger partial charge in [-0.05, 0) is 98.0 Å². The van der Waals surface area contributed by atoms with E-state index in [4.69, 9.17) is 23.8 Å². The monoisotopic (exact) mass is 1210 g/mol. The maximum absolute atomic E-state index is 12.7. The molecule has 8 heteroatoms. The summed E-state index contributed by atoms with van der Waals surface area (Å²) < 4.78 is 16.1. The summed E-state index contributed by atoms with van der Waals surface area (Å²) in [6.45, 7) is 19.9. The van der Waals surface area contributed by atoms with Crippen LogP contribution in [-0.2, 0) is 37.3 Å². The predicted octanol–water partition coefficient (Wildman–Crippen LogP) is 19.0. The number of fused-ring (bicyclic) bond motifs is 8.